The number of rotatable bonds is 3. The van der Waals surface area contributed by atoms with E-state index in [-0.39, 0.29) is 5.97 Å². The standard InChI is InChI=1S/C16H13BrN2O2/c1-2-21-16(20)11-5-8-13-14(9-11)19-15(18-13)10-3-6-12(17)7-4-10/h3-9H,2H2,1H3,(H,18,19). The molecule has 0 aliphatic carbocycles. The van der Waals surface area contributed by atoms with Crippen LogP contribution in [-0.2, 0) is 4.74 Å². The first kappa shape index (κ1) is 13.8. The van der Waals surface area contributed by atoms with E-state index in [1.54, 1.807) is 19.1 Å². The van der Waals surface area contributed by atoms with Gasteiger partial charge in [-0.25, -0.2) is 9.78 Å². The average molecular weight is 345 g/mol. The number of benzene rings is 2. The number of imidazole rings is 1. The summed E-state index contributed by atoms with van der Waals surface area (Å²) in [6, 6.07) is 13.2. The zero-order valence-electron chi connectivity index (χ0n) is 11.4. The van der Waals surface area contributed by atoms with Gasteiger partial charge in [-0.2, -0.15) is 0 Å². The fraction of sp³-hybridized carbons (Fsp3) is 0.125. The van der Waals surface area contributed by atoms with Crippen LogP contribution >= 0.6 is 15.9 Å². The number of fused-ring (bicyclic) bond motifs is 1. The first-order valence-corrected chi connectivity index (χ1v) is 7.39. The molecule has 106 valence electrons. The molecule has 0 atom stereocenters. The topological polar surface area (TPSA) is 55.0 Å². The van der Waals surface area contributed by atoms with Crippen molar-refractivity contribution in [2.45, 2.75) is 6.92 Å². The van der Waals surface area contributed by atoms with Gasteiger partial charge in [0, 0.05) is 10.0 Å². The Kier molecular flexibility index (Phi) is 3.75. The third kappa shape index (κ3) is 2.83. The molecule has 2 aromatic carbocycles. The van der Waals surface area contributed by atoms with Gasteiger partial charge < -0.3 is 9.72 Å². The zero-order chi connectivity index (χ0) is 14.8. The van der Waals surface area contributed by atoms with E-state index < -0.39 is 0 Å². The second kappa shape index (κ2) is 5.69. The summed E-state index contributed by atoms with van der Waals surface area (Å²) in [6.07, 6.45) is 0. The second-order valence-electron chi connectivity index (χ2n) is 4.54. The number of H-pyrrole nitrogens is 1. The Bertz CT molecular complexity index is 794. The highest BCUT2D eigenvalue weighted by Gasteiger charge is 2.10. The van der Waals surface area contributed by atoms with Crippen molar-refractivity contribution in [2.75, 3.05) is 6.61 Å². The fourth-order valence-electron chi connectivity index (χ4n) is 2.10. The minimum absolute atomic E-state index is 0.320. The van der Waals surface area contributed by atoms with E-state index in [9.17, 15) is 4.79 Å². The molecule has 0 aliphatic rings. The maximum atomic E-state index is 11.7. The predicted molar refractivity (Wildman–Crippen MR) is 85.2 cm³/mol. The van der Waals surface area contributed by atoms with Crippen LogP contribution in [0.4, 0.5) is 0 Å². The number of nitrogens with zero attached hydrogens (tertiary/aromatic N) is 1. The molecule has 0 saturated heterocycles. The van der Waals surface area contributed by atoms with Crippen LogP contribution in [0.5, 0.6) is 0 Å². The molecular formula is C16H13BrN2O2. The third-order valence-electron chi connectivity index (χ3n) is 3.11. The van der Waals surface area contributed by atoms with Crippen LogP contribution in [-0.4, -0.2) is 22.5 Å². The summed E-state index contributed by atoms with van der Waals surface area (Å²) in [6.45, 7) is 2.16. The van der Waals surface area contributed by atoms with Gasteiger partial charge in [-0.3, -0.25) is 0 Å². The van der Waals surface area contributed by atoms with E-state index in [1.807, 2.05) is 30.3 Å². The largest absolute Gasteiger partial charge is 0.462 e. The van der Waals surface area contributed by atoms with Crippen LogP contribution in [0.3, 0.4) is 0 Å². The highest BCUT2D eigenvalue weighted by Crippen LogP contribution is 2.23. The molecule has 1 N–H and O–H groups in total. The first-order chi connectivity index (χ1) is 10.2. The Morgan fingerprint density at radius 2 is 2.00 bits per heavy atom. The Morgan fingerprint density at radius 1 is 1.24 bits per heavy atom. The Labute approximate surface area is 130 Å². The minimum Gasteiger partial charge on any atom is -0.462 e. The summed E-state index contributed by atoms with van der Waals surface area (Å²) in [4.78, 5) is 19.5. The molecule has 0 spiro atoms. The summed E-state index contributed by atoms with van der Waals surface area (Å²) in [5, 5.41) is 0. The molecule has 3 rings (SSSR count). The third-order valence-corrected chi connectivity index (χ3v) is 3.64. The van der Waals surface area contributed by atoms with E-state index in [4.69, 9.17) is 4.74 Å². The first-order valence-electron chi connectivity index (χ1n) is 6.60. The predicted octanol–water partition coefficient (Wildman–Crippen LogP) is 4.17. The number of aromatic nitrogens is 2. The Balaban J connectivity index is 2.00. The molecule has 21 heavy (non-hydrogen) atoms. The number of hydrogen-bond donors (Lipinski definition) is 1. The van der Waals surface area contributed by atoms with Crippen LogP contribution in [0.15, 0.2) is 46.9 Å². The van der Waals surface area contributed by atoms with Crippen LogP contribution in [0.2, 0.25) is 0 Å². The van der Waals surface area contributed by atoms with Gasteiger partial charge in [0.2, 0.25) is 0 Å². The van der Waals surface area contributed by atoms with Crippen molar-refractivity contribution < 1.29 is 9.53 Å². The molecule has 0 unspecified atom stereocenters. The number of aromatic amines is 1. The maximum Gasteiger partial charge on any atom is 0.338 e. The highest BCUT2D eigenvalue weighted by molar-refractivity contribution is 9.10. The molecule has 0 radical (unpaired) electrons. The Morgan fingerprint density at radius 3 is 2.71 bits per heavy atom. The van der Waals surface area contributed by atoms with Crippen LogP contribution in [0.1, 0.15) is 17.3 Å². The van der Waals surface area contributed by atoms with E-state index in [2.05, 4.69) is 25.9 Å². The van der Waals surface area contributed by atoms with Gasteiger partial charge in [0.1, 0.15) is 5.82 Å². The normalized spacial score (nSPS) is 10.8. The van der Waals surface area contributed by atoms with Crippen molar-refractivity contribution in [1.29, 1.82) is 0 Å². The number of halogens is 1. The molecule has 0 fully saturated rings. The van der Waals surface area contributed by atoms with Crippen molar-refractivity contribution in [3.05, 3.63) is 52.5 Å². The summed E-state index contributed by atoms with van der Waals surface area (Å²) >= 11 is 3.41. The highest BCUT2D eigenvalue weighted by atomic mass is 79.9. The monoisotopic (exact) mass is 344 g/mol. The van der Waals surface area contributed by atoms with E-state index in [0.717, 1.165) is 26.9 Å². The van der Waals surface area contributed by atoms with Crippen LogP contribution < -0.4 is 0 Å². The summed E-state index contributed by atoms with van der Waals surface area (Å²) < 4.78 is 6.02. The van der Waals surface area contributed by atoms with Crippen molar-refractivity contribution in [3.8, 4) is 11.4 Å². The molecule has 1 aromatic heterocycles. The van der Waals surface area contributed by atoms with Gasteiger partial charge in [0.15, 0.2) is 0 Å². The molecule has 0 aliphatic heterocycles. The van der Waals surface area contributed by atoms with Crippen molar-refractivity contribution >= 4 is 32.9 Å². The van der Waals surface area contributed by atoms with Crippen LogP contribution in [0.25, 0.3) is 22.4 Å². The maximum absolute atomic E-state index is 11.7. The number of ether oxygens (including phenoxy) is 1. The van der Waals surface area contributed by atoms with E-state index in [0.29, 0.717) is 12.2 Å². The van der Waals surface area contributed by atoms with Gasteiger partial charge in [0.05, 0.1) is 23.2 Å². The van der Waals surface area contributed by atoms with Crippen molar-refractivity contribution in [2.24, 2.45) is 0 Å². The summed E-state index contributed by atoms with van der Waals surface area (Å²) in [5.74, 6) is 0.456. The molecule has 1 heterocycles. The molecule has 0 saturated carbocycles. The van der Waals surface area contributed by atoms with Gasteiger partial charge in [-0.05, 0) is 37.3 Å². The van der Waals surface area contributed by atoms with E-state index >= 15 is 0 Å². The van der Waals surface area contributed by atoms with Crippen LogP contribution in [0, 0.1) is 0 Å². The Hall–Kier alpha value is -2.14. The zero-order valence-corrected chi connectivity index (χ0v) is 13.0. The molecular weight excluding hydrogens is 332 g/mol. The second-order valence-corrected chi connectivity index (χ2v) is 5.46. The lowest BCUT2D eigenvalue weighted by atomic mass is 10.2. The SMILES string of the molecule is CCOC(=O)c1ccc2nc(-c3ccc(Br)cc3)[nH]c2c1. The molecule has 0 bridgehead atoms. The number of carbonyl (C=O) groups is 1. The molecule has 4 nitrogen and oxygen atoms in total. The number of hydrogen-bond acceptors (Lipinski definition) is 3. The van der Waals surface area contributed by atoms with E-state index in [1.165, 1.54) is 0 Å². The van der Waals surface area contributed by atoms with Gasteiger partial charge in [-0.15, -0.1) is 0 Å². The summed E-state index contributed by atoms with van der Waals surface area (Å²) in [5.41, 5.74) is 3.15. The average Bonchev–Trinajstić information content (AvgIpc) is 2.91. The lowest BCUT2D eigenvalue weighted by Gasteiger charge is -2.00. The summed E-state index contributed by atoms with van der Waals surface area (Å²) in [7, 11) is 0. The number of nitrogens with one attached hydrogen (secondary N) is 1. The number of carbonyl (C=O) groups excluding carboxylic acids is 1. The molecule has 0 amide bonds. The fourth-order valence-corrected chi connectivity index (χ4v) is 2.36. The van der Waals surface area contributed by atoms with Gasteiger partial charge in [-0.1, -0.05) is 28.1 Å². The lowest BCUT2D eigenvalue weighted by Crippen LogP contribution is -2.04. The molecule has 5 heteroatoms. The van der Waals surface area contributed by atoms with Crippen molar-refractivity contribution in [1.82, 2.24) is 9.97 Å². The van der Waals surface area contributed by atoms with Gasteiger partial charge in [0.25, 0.3) is 0 Å². The smallest absolute Gasteiger partial charge is 0.338 e. The van der Waals surface area contributed by atoms with Gasteiger partial charge >= 0.3 is 5.97 Å². The molecule has 3 aromatic rings. The number of esters is 1. The quantitative estimate of drug-likeness (QED) is 0.725. The minimum atomic E-state index is -0.320. The van der Waals surface area contributed by atoms with Crippen molar-refractivity contribution in [3.63, 3.8) is 0 Å². The lowest BCUT2D eigenvalue weighted by molar-refractivity contribution is 0.0526.